The summed E-state index contributed by atoms with van der Waals surface area (Å²) in [6.45, 7) is 3.61. The molecule has 0 aliphatic rings. The van der Waals surface area contributed by atoms with Crippen molar-refractivity contribution in [3.63, 3.8) is 0 Å². The summed E-state index contributed by atoms with van der Waals surface area (Å²) in [6.07, 6.45) is 1.91. The zero-order chi connectivity index (χ0) is 12.9. The summed E-state index contributed by atoms with van der Waals surface area (Å²) < 4.78 is 23.6. The molecule has 5 nitrogen and oxygen atoms in total. The predicted octanol–water partition coefficient (Wildman–Crippen LogP) is 0.690. The maximum absolute atomic E-state index is 11.8. The molecule has 1 amide bonds. The molecular weight excluding hydrogens is 240 g/mol. The van der Waals surface area contributed by atoms with Gasteiger partial charge in [0.15, 0.2) is 14.9 Å². The molecule has 0 aliphatic heterocycles. The first kappa shape index (κ1) is 13.6. The molecular formula is C11H16N2O3S. The molecule has 17 heavy (non-hydrogen) atoms. The van der Waals surface area contributed by atoms with Gasteiger partial charge in [0.25, 0.3) is 0 Å². The van der Waals surface area contributed by atoms with Crippen LogP contribution >= 0.6 is 0 Å². The smallest absolute Gasteiger partial charge is 0.216 e. The highest BCUT2D eigenvalue weighted by atomic mass is 32.2. The Kier molecular flexibility index (Phi) is 4.62. The molecule has 0 radical (unpaired) electrons. The van der Waals surface area contributed by atoms with Crippen LogP contribution in [0, 0.1) is 6.92 Å². The van der Waals surface area contributed by atoms with Gasteiger partial charge in [0.05, 0.1) is 5.75 Å². The first-order valence-electron chi connectivity index (χ1n) is 5.31. The fourth-order valence-corrected chi connectivity index (χ4v) is 2.49. The monoisotopic (exact) mass is 256 g/mol. The topological polar surface area (TPSA) is 76.1 Å². The van der Waals surface area contributed by atoms with Crippen LogP contribution in [0.3, 0.4) is 0 Å². The van der Waals surface area contributed by atoms with Crippen molar-refractivity contribution in [1.29, 1.82) is 0 Å². The van der Waals surface area contributed by atoms with E-state index in [0.29, 0.717) is 13.0 Å². The van der Waals surface area contributed by atoms with Crippen LogP contribution in [-0.2, 0) is 14.6 Å². The van der Waals surface area contributed by atoms with Crippen molar-refractivity contribution in [2.75, 3.05) is 12.3 Å². The fraction of sp³-hybridized carbons (Fsp3) is 0.455. The van der Waals surface area contributed by atoms with Crippen LogP contribution in [0.1, 0.15) is 18.9 Å². The van der Waals surface area contributed by atoms with Gasteiger partial charge >= 0.3 is 0 Å². The van der Waals surface area contributed by atoms with Gasteiger partial charge in [-0.25, -0.2) is 13.4 Å². The van der Waals surface area contributed by atoms with Crippen LogP contribution in [0.2, 0.25) is 0 Å². The summed E-state index contributed by atoms with van der Waals surface area (Å²) in [4.78, 5) is 14.5. The third-order valence-electron chi connectivity index (χ3n) is 2.17. The lowest BCUT2D eigenvalue weighted by atomic mass is 10.3. The van der Waals surface area contributed by atoms with E-state index in [0.717, 1.165) is 5.56 Å². The van der Waals surface area contributed by atoms with Gasteiger partial charge in [-0.3, -0.25) is 4.79 Å². The van der Waals surface area contributed by atoms with Crippen molar-refractivity contribution in [3.05, 3.63) is 23.9 Å². The first-order chi connectivity index (χ1) is 7.92. The van der Waals surface area contributed by atoms with Gasteiger partial charge in [0.2, 0.25) is 5.91 Å². The zero-order valence-electron chi connectivity index (χ0n) is 9.93. The van der Waals surface area contributed by atoms with Gasteiger partial charge in [0.1, 0.15) is 0 Å². The molecule has 0 saturated carbocycles. The van der Waals surface area contributed by atoms with Crippen LogP contribution in [0.4, 0.5) is 0 Å². The molecule has 0 unspecified atom stereocenters. The highest BCUT2D eigenvalue weighted by Gasteiger charge is 2.14. The van der Waals surface area contributed by atoms with E-state index < -0.39 is 9.84 Å². The number of pyridine rings is 1. The lowest BCUT2D eigenvalue weighted by Crippen LogP contribution is -2.23. The molecule has 1 heterocycles. The van der Waals surface area contributed by atoms with Crippen molar-refractivity contribution in [1.82, 2.24) is 10.3 Å². The normalized spacial score (nSPS) is 11.2. The molecule has 1 N–H and O–H groups in total. The van der Waals surface area contributed by atoms with Gasteiger partial charge in [-0.15, -0.1) is 0 Å². The summed E-state index contributed by atoms with van der Waals surface area (Å²) >= 11 is 0. The Bertz CT molecular complexity index is 480. The number of carbonyl (C=O) groups excluding carboxylic acids is 1. The van der Waals surface area contributed by atoms with Gasteiger partial charge in [-0.05, 0) is 25.0 Å². The second kappa shape index (κ2) is 5.77. The molecule has 0 saturated heterocycles. The quantitative estimate of drug-likeness (QED) is 0.786. The summed E-state index contributed by atoms with van der Waals surface area (Å²) in [5.74, 6) is -0.167. The van der Waals surface area contributed by atoms with Gasteiger partial charge < -0.3 is 5.32 Å². The number of nitrogens with zero attached hydrogens (tertiary/aromatic N) is 1. The minimum absolute atomic E-state index is 0.0106. The van der Waals surface area contributed by atoms with Crippen molar-refractivity contribution in [3.8, 4) is 0 Å². The summed E-state index contributed by atoms with van der Waals surface area (Å²) in [7, 11) is -3.34. The number of rotatable bonds is 5. The van der Waals surface area contributed by atoms with E-state index in [1.165, 1.54) is 19.2 Å². The largest absolute Gasteiger partial charge is 0.356 e. The SMILES string of the molecule is CC(=O)NCCCS(=O)(=O)c1ccc(C)cn1. The molecule has 0 atom stereocenters. The number of sulfone groups is 1. The molecule has 0 spiro atoms. The van der Waals surface area contributed by atoms with Crippen molar-refractivity contribution >= 4 is 15.7 Å². The maximum Gasteiger partial charge on any atom is 0.216 e. The Morgan fingerprint density at radius 1 is 1.41 bits per heavy atom. The zero-order valence-corrected chi connectivity index (χ0v) is 10.8. The molecule has 1 rings (SSSR count). The van der Waals surface area contributed by atoms with Crippen molar-refractivity contribution in [2.24, 2.45) is 0 Å². The van der Waals surface area contributed by atoms with Crippen LogP contribution in [-0.4, -0.2) is 31.6 Å². The molecule has 1 aromatic rings. The molecule has 6 heteroatoms. The van der Waals surface area contributed by atoms with Crippen LogP contribution in [0.15, 0.2) is 23.4 Å². The number of hydrogen-bond acceptors (Lipinski definition) is 4. The number of carbonyl (C=O) groups is 1. The number of amides is 1. The summed E-state index contributed by atoms with van der Waals surface area (Å²) in [5, 5.41) is 2.64. The number of aryl methyl sites for hydroxylation is 1. The molecule has 0 aliphatic carbocycles. The lowest BCUT2D eigenvalue weighted by Gasteiger charge is -2.04. The molecule has 1 aromatic heterocycles. The molecule has 94 valence electrons. The third kappa shape index (κ3) is 4.52. The number of nitrogens with one attached hydrogen (secondary N) is 1. The number of hydrogen-bond donors (Lipinski definition) is 1. The maximum atomic E-state index is 11.8. The van der Waals surface area contributed by atoms with E-state index >= 15 is 0 Å². The summed E-state index contributed by atoms with van der Waals surface area (Å²) in [6, 6.07) is 3.22. The third-order valence-corrected chi connectivity index (χ3v) is 3.87. The molecule has 0 fully saturated rings. The van der Waals surface area contributed by atoms with Crippen LogP contribution in [0.5, 0.6) is 0 Å². The van der Waals surface area contributed by atoms with E-state index in [1.807, 2.05) is 6.92 Å². The number of aromatic nitrogens is 1. The average molecular weight is 256 g/mol. The molecule has 0 aromatic carbocycles. The van der Waals surface area contributed by atoms with Gasteiger partial charge in [0, 0.05) is 19.7 Å². The van der Waals surface area contributed by atoms with E-state index in [1.54, 1.807) is 6.07 Å². The second-order valence-electron chi connectivity index (χ2n) is 3.83. The van der Waals surface area contributed by atoms with Crippen LogP contribution < -0.4 is 5.32 Å². The van der Waals surface area contributed by atoms with E-state index in [-0.39, 0.29) is 16.7 Å². The fourth-order valence-electron chi connectivity index (χ4n) is 1.27. The second-order valence-corrected chi connectivity index (χ2v) is 5.89. The Hall–Kier alpha value is -1.43. The Morgan fingerprint density at radius 2 is 2.12 bits per heavy atom. The Balaban J connectivity index is 2.57. The predicted molar refractivity (Wildman–Crippen MR) is 64.3 cm³/mol. The Morgan fingerprint density at radius 3 is 2.65 bits per heavy atom. The van der Waals surface area contributed by atoms with Crippen LogP contribution in [0.25, 0.3) is 0 Å². The molecule has 0 bridgehead atoms. The standard InChI is InChI=1S/C11H16N2O3S/c1-9-4-5-11(13-8-9)17(15,16)7-3-6-12-10(2)14/h4-5,8H,3,6-7H2,1-2H3,(H,12,14). The van der Waals surface area contributed by atoms with Crippen molar-refractivity contribution < 1.29 is 13.2 Å². The average Bonchev–Trinajstić information content (AvgIpc) is 2.25. The first-order valence-corrected chi connectivity index (χ1v) is 6.97. The summed E-state index contributed by atoms with van der Waals surface area (Å²) in [5.41, 5.74) is 0.919. The Labute approximate surface area is 101 Å². The van der Waals surface area contributed by atoms with Gasteiger partial charge in [-0.2, -0.15) is 0 Å². The van der Waals surface area contributed by atoms with Crippen molar-refractivity contribution in [2.45, 2.75) is 25.3 Å². The minimum Gasteiger partial charge on any atom is -0.356 e. The lowest BCUT2D eigenvalue weighted by molar-refractivity contribution is -0.118. The minimum atomic E-state index is -3.34. The van der Waals surface area contributed by atoms with Gasteiger partial charge in [-0.1, -0.05) is 6.07 Å². The highest BCUT2D eigenvalue weighted by Crippen LogP contribution is 2.09. The highest BCUT2D eigenvalue weighted by molar-refractivity contribution is 7.91. The van der Waals surface area contributed by atoms with E-state index in [9.17, 15) is 13.2 Å². The van der Waals surface area contributed by atoms with E-state index in [4.69, 9.17) is 0 Å². The van der Waals surface area contributed by atoms with E-state index in [2.05, 4.69) is 10.3 Å².